The minimum absolute atomic E-state index is 0.0304. The summed E-state index contributed by atoms with van der Waals surface area (Å²) in [4.78, 5) is 22.2. The minimum atomic E-state index is -3.33. The molecular formula is C18H21N3O4S. The van der Waals surface area contributed by atoms with Crippen LogP contribution in [0.2, 0.25) is 0 Å². The lowest BCUT2D eigenvalue weighted by molar-refractivity contribution is -0.125. The van der Waals surface area contributed by atoms with Crippen molar-refractivity contribution in [1.82, 2.24) is 5.32 Å². The molecule has 8 heteroatoms. The SMILES string of the molecule is CS(=O)(=O)Nc1cccc(-c2ccc(CNC(=O)CCC(N)=O)cc2)c1. The third kappa shape index (κ3) is 6.56. The van der Waals surface area contributed by atoms with Gasteiger partial charge in [0.1, 0.15) is 0 Å². The number of amides is 2. The van der Waals surface area contributed by atoms with Gasteiger partial charge in [-0.3, -0.25) is 14.3 Å². The monoisotopic (exact) mass is 375 g/mol. The van der Waals surface area contributed by atoms with Crippen LogP contribution in [-0.2, 0) is 26.2 Å². The molecule has 2 aromatic rings. The molecule has 2 rings (SSSR count). The van der Waals surface area contributed by atoms with E-state index in [9.17, 15) is 18.0 Å². The van der Waals surface area contributed by atoms with Gasteiger partial charge in [-0.15, -0.1) is 0 Å². The van der Waals surface area contributed by atoms with Crippen molar-refractivity contribution in [3.8, 4) is 11.1 Å². The lowest BCUT2D eigenvalue weighted by Gasteiger charge is -2.08. The van der Waals surface area contributed by atoms with Gasteiger partial charge in [0.05, 0.1) is 6.26 Å². The highest BCUT2D eigenvalue weighted by Gasteiger charge is 2.06. The van der Waals surface area contributed by atoms with Gasteiger partial charge in [0.25, 0.3) is 0 Å². The first kappa shape index (κ1) is 19.5. The fourth-order valence-electron chi connectivity index (χ4n) is 2.32. The van der Waals surface area contributed by atoms with Gasteiger partial charge in [0, 0.05) is 25.1 Å². The number of rotatable bonds is 8. The second kappa shape index (κ2) is 8.48. The normalized spacial score (nSPS) is 11.0. The van der Waals surface area contributed by atoms with Gasteiger partial charge in [-0.05, 0) is 28.8 Å². The number of carbonyl (C=O) groups excluding carboxylic acids is 2. The van der Waals surface area contributed by atoms with E-state index < -0.39 is 15.9 Å². The molecule has 0 fully saturated rings. The topological polar surface area (TPSA) is 118 Å². The van der Waals surface area contributed by atoms with Crippen LogP contribution in [0, 0.1) is 0 Å². The standard InChI is InChI=1S/C18H21N3O4S/c1-26(24,25)21-16-4-2-3-15(11-16)14-7-5-13(6-8-14)12-20-18(23)10-9-17(19)22/h2-8,11,21H,9-10,12H2,1H3,(H2,19,22)(H,20,23). The van der Waals surface area contributed by atoms with Gasteiger partial charge in [-0.2, -0.15) is 0 Å². The van der Waals surface area contributed by atoms with Gasteiger partial charge in [-0.1, -0.05) is 36.4 Å². The highest BCUT2D eigenvalue weighted by molar-refractivity contribution is 7.92. The number of nitrogens with one attached hydrogen (secondary N) is 2. The Kier molecular flexibility index (Phi) is 6.35. The number of primary amides is 1. The second-order valence-electron chi connectivity index (χ2n) is 5.89. The highest BCUT2D eigenvalue weighted by atomic mass is 32.2. The number of nitrogens with two attached hydrogens (primary N) is 1. The van der Waals surface area contributed by atoms with Gasteiger partial charge >= 0.3 is 0 Å². The highest BCUT2D eigenvalue weighted by Crippen LogP contribution is 2.23. The number of hydrogen-bond donors (Lipinski definition) is 3. The number of anilines is 1. The fourth-order valence-corrected chi connectivity index (χ4v) is 2.87. The summed E-state index contributed by atoms with van der Waals surface area (Å²) in [6.45, 7) is 0.355. The lowest BCUT2D eigenvalue weighted by Crippen LogP contribution is -2.24. The van der Waals surface area contributed by atoms with E-state index in [1.54, 1.807) is 18.2 Å². The van der Waals surface area contributed by atoms with Crippen LogP contribution in [0.1, 0.15) is 18.4 Å². The molecule has 0 unspecified atom stereocenters. The fraction of sp³-hybridized carbons (Fsp3) is 0.222. The van der Waals surface area contributed by atoms with E-state index in [4.69, 9.17) is 5.73 Å². The number of hydrogen-bond acceptors (Lipinski definition) is 4. The summed E-state index contributed by atoms with van der Waals surface area (Å²) in [5.74, 6) is -0.732. The quantitative estimate of drug-likeness (QED) is 0.649. The predicted octanol–water partition coefficient (Wildman–Crippen LogP) is 1.61. The summed E-state index contributed by atoms with van der Waals surface area (Å²) in [6.07, 6.45) is 1.21. The number of benzene rings is 2. The molecule has 2 aromatic carbocycles. The molecule has 0 aliphatic heterocycles. The lowest BCUT2D eigenvalue weighted by atomic mass is 10.0. The molecule has 0 heterocycles. The zero-order valence-electron chi connectivity index (χ0n) is 14.4. The Morgan fingerprint density at radius 3 is 2.31 bits per heavy atom. The van der Waals surface area contributed by atoms with Crippen LogP contribution in [0.25, 0.3) is 11.1 Å². The molecule has 4 N–H and O–H groups in total. The van der Waals surface area contributed by atoms with Gasteiger partial charge in [-0.25, -0.2) is 8.42 Å². The zero-order chi connectivity index (χ0) is 19.2. The van der Waals surface area contributed by atoms with Gasteiger partial charge < -0.3 is 11.1 Å². The molecule has 0 bridgehead atoms. The van der Waals surface area contributed by atoms with Crippen molar-refractivity contribution in [2.75, 3.05) is 11.0 Å². The predicted molar refractivity (Wildman–Crippen MR) is 101 cm³/mol. The summed E-state index contributed by atoms with van der Waals surface area (Å²) >= 11 is 0. The van der Waals surface area contributed by atoms with Crippen LogP contribution < -0.4 is 15.8 Å². The summed E-state index contributed by atoms with van der Waals surface area (Å²) < 4.78 is 25.1. The number of sulfonamides is 1. The smallest absolute Gasteiger partial charge is 0.229 e. The second-order valence-corrected chi connectivity index (χ2v) is 7.64. The minimum Gasteiger partial charge on any atom is -0.370 e. The first-order valence-electron chi connectivity index (χ1n) is 7.95. The van der Waals surface area contributed by atoms with Crippen molar-refractivity contribution < 1.29 is 18.0 Å². The van der Waals surface area contributed by atoms with E-state index in [-0.39, 0.29) is 18.7 Å². The molecule has 0 saturated heterocycles. The molecule has 0 radical (unpaired) electrons. The molecule has 138 valence electrons. The number of carbonyl (C=O) groups is 2. The zero-order valence-corrected chi connectivity index (χ0v) is 15.2. The Morgan fingerprint density at radius 2 is 1.69 bits per heavy atom. The molecule has 0 aliphatic carbocycles. The van der Waals surface area contributed by atoms with Gasteiger partial charge in [0.2, 0.25) is 21.8 Å². The van der Waals surface area contributed by atoms with Crippen molar-refractivity contribution >= 4 is 27.5 Å². The third-order valence-corrected chi connectivity index (χ3v) is 4.15. The van der Waals surface area contributed by atoms with Crippen LogP contribution in [0.3, 0.4) is 0 Å². The van der Waals surface area contributed by atoms with E-state index in [1.807, 2.05) is 30.3 Å². The van der Waals surface area contributed by atoms with E-state index in [1.165, 1.54) is 0 Å². The molecule has 2 amide bonds. The van der Waals surface area contributed by atoms with Crippen molar-refractivity contribution in [3.05, 3.63) is 54.1 Å². The summed E-state index contributed by atoms with van der Waals surface area (Å²) in [7, 11) is -3.33. The maximum Gasteiger partial charge on any atom is 0.229 e. The molecule has 26 heavy (non-hydrogen) atoms. The van der Waals surface area contributed by atoms with Crippen molar-refractivity contribution in [3.63, 3.8) is 0 Å². The summed E-state index contributed by atoms with van der Waals surface area (Å²) in [5.41, 5.74) is 8.21. The Labute approximate surface area is 152 Å². The van der Waals surface area contributed by atoms with Crippen LogP contribution >= 0.6 is 0 Å². The third-order valence-electron chi connectivity index (χ3n) is 3.54. The molecule has 0 saturated carbocycles. The Hall–Kier alpha value is -2.87. The van der Waals surface area contributed by atoms with Crippen molar-refractivity contribution in [1.29, 1.82) is 0 Å². The van der Waals surface area contributed by atoms with E-state index in [2.05, 4.69) is 10.0 Å². The molecule has 0 aromatic heterocycles. The molecule has 0 aliphatic rings. The van der Waals surface area contributed by atoms with Crippen LogP contribution in [0.15, 0.2) is 48.5 Å². The average Bonchev–Trinajstić information content (AvgIpc) is 2.57. The van der Waals surface area contributed by atoms with E-state index >= 15 is 0 Å². The molecule has 0 atom stereocenters. The van der Waals surface area contributed by atoms with Crippen molar-refractivity contribution in [2.24, 2.45) is 5.73 Å². The average molecular weight is 375 g/mol. The van der Waals surface area contributed by atoms with Crippen LogP contribution in [0.5, 0.6) is 0 Å². The van der Waals surface area contributed by atoms with Crippen LogP contribution in [0.4, 0.5) is 5.69 Å². The van der Waals surface area contributed by atoms with E-state index in [0.29, 0.717) is 12.2 Å². The first-order valence-corrected chi connectivity index (χ1v) is 9.84. The first-order chi connectivity index (χ1) is 12.2. The van der Waals surface area contributed by atoms with Crippen LogP contribution in [-0.4, -0.2) is 26.5 Å². The molecule has 0 spiro atoms. The summed E-state index contributed by atoms with van der Waals surface area (Å²) in [6, 6.07) is 14.6. The maximum absolute atomic E-state index is 11.6. The largest absolute Gasteiger partial charge is 0.370 e. The maximum atomic E-state index is 11.6. The Morgan fingerprint density at radius 1 is 1.00 bits per heavy atom. The molecular weight excluding hydrogens is 354 g/mol. The Balaban J connectivity index is 2.00. The van der Waals surface area contributed by atoms with Crippen molar-refractivity contribution in [2.45, 2.75) is 19.4 Å². The summed E-state index contributed by atoms with van der Waals surface area (Å²) in [5, 5.41) is 2.73. The van der Waals surface area contributed by atoms with Gasteiger partial charge in [0.15, 0.2) is 0 Å². The van der Waals surface area contributed by atoms with E-state index in [0.717, 1.165) is 22.9 Å². The Bertz CT molecular complexity index is 893. The molecule has 7 nitrogen and oxygen atoms in total.